The summed E-state index contributed by atoms with van der Waals surface area (Å²) in [5.41, 5.74) is 3.57. The monoisotopic (exact) mass is 379 g/mol. The Balaban J connectivity index is 1.66. The molecule has 1 N–H and O–H groups in total. The normalized spacial score (nSPS) is 11.0. The molecule has 27 heavy (non-hydrogen) atoms. The number of carbonyl (C=O) groups is 1. The van der Waals surface area contributed by atoms with Gasteiger partial charge >= 0.3 is 0 Å². The highest BCUT2D eigenvalue weighted by atomic mass is 32.1. The van der Waals surface area contributed by atoms with Gasteiger partial charge in [-0.2, -0.15) is 5.10 Å². The average Bonchev–Trinajstić information content (AvgIpc) is 3.27. The number of rotatable bonds is 5. The average molecular weight is 379 g/mol. The van der Waals surface area contributed by atoms with Gasteiger partial charge in [0.2, 0.25) is 0 Å². The van der Waals surface area contributed by atoms with Gasteiger partial charge in [-0.15, -0.1) is 11.3 Å². The van der Waals surface area contributed by atoms with E-state index < -0.39 is 6.67 Å². The third kappa shape index (κ3) is 3.48. The summed E-state index contributed by atoms with van der Waals surface area (Å²) in [6, 6.07) is 17.1. The Morgan fingerprint density at radius 3 is 2.56 bits per heavy atom. The van der Waals surface area contributed by atoms with E-state index in [0.29, 0.717) is 22.8 Å². The molecule has 0 unspecified atom stereocenters. The van der Waals surface area contributed by atoms with Gasteiger partial charge in [0.25, 0.3) is 5.91 Å². The first-order valence-electron chi connectivity index (χ1n) is 8.60. The van der Waals surface area contributed by atoms with Crippen LogP contribution < -0.4 is 5.32 Å². The summed E-state index contributed by atoms with van der Waals surface area (Å²) in [4.78, 5) is 13.3. The second-order valence-electron chi connectivity index (χ2n) is 6.36. The smallest absolute Gasteiger partial charge is 0.267 e. The molecule has 0 aliphatic heterocycles. The number of para-hydroxylation sites is 1. The first-order chi connectivity index (χ1) is 13.2. The van der Waals surface area contributed by atoms with Crippen LogP contribution in [0.1, 0.15) is 26.4 Å². The van der Waals surface area contributed by atoms with Crippen molar-refractivity contribution in [3.8, 4) is 0 Å². The van der Waals surface area contributed by atoms with Gasteiger partial charge in [0.05, 0.1) is 16.9 Å². The van der Waals surface area contributed by atoms with Gasteiger partial charge < -0.3 is 5.32 Å². The van der Waals surface area contributed by atoms with E-state index in [0.717, 1.165) is 22.0 Å². The highest BCUT2D eigenvalue weighted by molar-refractivity contribution is 7.12. The molecular formula is C21H18FN3OS. The van der Waals surface area contributed by atoms with E-state index in [9.17, 15) is 9.18 Å². The van der Waals surface area contributed by atoms with Crippen LogP contribution >= 0.6 is 11.3 Å². The number of anilines is 1. The van der Waals surface area contributed by atoms with Crippen LogP contribution in [0.4, 0.5) is 10.2 Å². The number of amides is 1. The van der Waals surface area contributed by atoms with E-state index in [1.54, 1.807) is 12.1 Å². The first kappa shape index (κ1) is 17.4. The van der Waals surface area contributed by atoms with Crippen molar-refractivity contribution in [1.82, 2.24) is 9.78 Å². The number of thiophene rings is 1. The molecule has 2 aromatic heterocycles. The molecule has 136 valence electrons. The van der Waals surface area contributed by atoms with Crippen LogP contribution in [0.5, 0.6) is 0 Å². The van der Waals surface area contributed by atoms with E-state index in [1.165, 1.54) is 11.3 Å². The molecule has 0 aliphatic carbocycles. The lowest BCUT2D eigenvalue weighted by atomic mass is 10.1. The number of nitrogens with one attached hydrogen (secondary N) is 1. The highest BCUT2D eigenvalue weighted by Crippen LogP contribution is 2.25. The van der Waals surface area contributed by atoms with Crippen LogP contribution in [0.25, 0.3) is 10.9 Å². The molecule has 0 atom stereocenters. The van der Waals surface area contributed by atoms with Crippen LogP contribution in [0.15, 0.2) is 60.0 Å². The standard InChI is InChI=1S/C21H18FN3OS/c1-14-10-11-27-19(14)21(26)23-20-17-4-2-3-5-18(17)25(24-20)13-16-8-6-15(12-22)7-9-16/h2-11H,12-13H2,1H3,(H,23,24,26). The van der Waals surface area contributed by atoms with Crippen molar-refractivity contribution in [2.75, 3.05) is 5.32 Å². The molecule has 0 saturated carbocycles. The fourth-order valence-electron chi connectivity index (χ4n) is 3.02. The van der Waals surface area contributed by atoms with Gasteiger partial charge in [0.15, 0.2) is 5.82 Å². The number of halogens is 1. The van der Waals surface area contributed by atoms with E-state index in [4.69, 9.17) is 0 Å². The van der Waals surface area contributed by atoms with Gasteiger partial charge in [0, 0.05) is 5.39 Å². The van der Waals surface area contributed by atoms with Crippen molar-refractivity contribution < 1.29 is 9.18 Å². The van der Waals surface area contributed by atoms with Gasteiger partial charge in [-0.05, 0) is 47.2 Å². The predicted octanol–water partition coefficient (Wildman–Crippen LogP) is 5.18. The van der Waals surface area contributed by atoms with E-state index >= 15 is 0 Å². The van der Waals surface area contributed by atoms with E-state index in [-0.39, 0.29) is 5.91 Å². The Hall–Kier alpha value is -2.99. The summed E-state index contributed by atoms with van der Waals surface area (Å²) in [6.07, 6.45) is 0. The SMILES string of the molecule is Cc1ccsc1C(=O)Nc1nn(Cc2ccc(CF)cc2)c2ccccc12. The minimum absolute atomic E-state index is 0.148. The summed E-state index contributed by atoms with van der Waals surface area (Å²) >= 11 is 1.42. The molecule has 2 heterocycles. The molecule has 0 radical (unpaired) electrons. The number of alkyl halides is 1. The van der Waals surface area contributed by atoms with Crippen molar-refractivity contribution >= 4 is 34.0 Å². The fourth-order valence-corrected chi connectivity index (χ4v) is 3.84. The number of nitrogens with zero attached hydrogens (tertiary/aromatic N) is 2. The Morgan fingerprint density at radius 2 is 1.85 bits per heavy atom. The molecule has 0 spiro atoms. The Labute approximate surface area is 160 Å². The Morgan fingerprint density at radius 1 is 1.11 bits per heavy atom. The van der Waals surface area contributed by atoms with Crippen LogP contribution in [0, 0.1) is 6.92 Å². The largest absolute Gasteiger partial charge is 0.304 e. The third-order valence-electron chi connectivity index (χ3n) is 4.47. The number of benzene rings is 2. The molecule has 4 aromatic rings. The summed E-state index contributed by atoms with van der Waals surface area (Å²) in [7, 11) is 0. The maximum Gasteiger partial charge on any atom is 0.267 e. The number of hydrogen-bond acceptors (Lipinski definition) is 3. The maximum absolute atomic E-state index is 12.7. The van der Waals surface area contributed by atoms with Gasteiger partial charge in [0.1, 0.15) is 6.67 Å². The first-order valence-corrected chi connectivity index (χ1v) is 9.48. The number of hydrogen-bond donors (Lipinski definition) is 1. The molecule has 4 nitrogen and oxygen atoms in total. The van der Waals surface area contributed by atoms with Crippen molar-refractivity contribution in [2.24, 2.45) is 0 Å². The number of carbonyl (C=O) groups excluding carboxylic acids is 1. The molecule has 0 fully saturated rings. The molecule has 0 aliphatic rings. The summed E-state index contributed by atoms with van der Waals surface area (Å²) < 4.78 is 14.6. The molecule has 0 saturated heterocycles. The van der Waals surface area contributed by atoms with Crippen molar-refractivity contribution in [3.05, 3.63) is 81.5 Å². The summed E-state index contributed by atoms with van der Waals surface area (Å²) in [5, 5.41) is 10.4. The zero-order valence-electron chi connectivity index (χ0n) is 14.8. The molecule has 1 amide bonds. The van der Waals surface area contributed by atoms with Gasteiger partial charge in [-0.1, -0.05) is 36.4 Å². The predicted molar refractivity (Wildman–Crippen MR) is 107 cm³/mol. The quantitative estimate of drug-likeness (QED) is 0.520. The summed E-state index contributed by atoms with van der Waals surface area (Å²) in [6.45, 7) is 1.99. The van der Waals surface area contributed by atoms with Gasteiger partial charge in [-0.3, -0.25) is 9.48 Å². The minimum atomic E-state index is -0.469. The van der Waals surface area contributed by atoms with Crippen LogP contribution in [0.3, 0.4) is 0 Å². The van der Waals surface area contributed by atoms with Crippen molar-refractivity contribution in [1.29, 1.82) is 0 Å². The lowest BCUT2D eigenvalue weighted by Gasteiger charge is -2.04. The molecule has 0 bridgehead atoms. The third-order valence-corrected chi connectivity index (χ3v) is 5.48. The van der Waals surface area contributed by atoms with Gasteiger partial charge in [-0.25, -0.2) is 4.39 Å². The lowest BCUT2D eigenvalue weighted by Crippen LogP contribution is -2.12. The second-order valence-corrected chi connectivity index (χ2v) is 7.28. The topological polar surface area (TPSA) is 46.9 Å². The molecular weight excluding hydrogens is 361 g/mol. The summed E-state index contributed by atoms with van der Waals surface area (Å²) in [5.74, 6) is 0.397. The van der Waals surface area contributed by atoms with E-state index in [1.807, 2.05) is 59.5 Å². The van der Waals surface area contributed by atoms with E-state index in [2.05, 4.69) is 10.4 Å². The number of aromatic nitrogens is 2. The number of fused-ring (bicyclic) bond motifs is 1. The fraction of sp³-hybridized carbons (Fsp3) is 0.143. The number of aryl methyl sites for hydroxylation is 1. The van der Waals surface area contributed by atoms with Crippen molar-refractivity contribution in [2.45, 2.75) is 20.1 Å². The Bertz CT molecular complexity index is 1100. The molecule has 6 heteroatoms. The zero-order valence-corrected chi connectivity index (χ0v) is 15.6. The van der Waals surface area contributed by atoms with Crippen LogP contribution in [0.2, 0.25) is 0 Å². The highest BCUT2D eigenvalue weighted by Gasteiger charge is 2.16. The Kier molecular flexibility index (Phi) is 4.73. The van der Waals surface area contributed by atoms with Crippen LogP contribution in [-0.2, 0) is 13.2 Å². The lowest BCUT2D eigenvalue weighted by molar-refractivity contribution is 0.102. The van der Waals surface area contributed by atoms with Crippen LogP contribution in [-0.4, -0.2) is 15.7 Å². The minimum Gasteiger partial charge on any atom is -0.304 e. The van der Waals surface area contributed by atoms with Crippen molar-refractivity contribution in [3.63, 3.8) is 0 Å². The molecule has 2 aromatic carbocycles. The molecule has 4 rings (SSSR count). The maximum atomic E-state index is 12.7. The second kappa shape index (κ2) is 7.32. The zero-order chi connectivity index (χ0) is 18.8.